The van der Waals surface area contributed by atoms with E-state index in [1.807, 2.05) is 24.3 Å². The van der Waals surface area contributed by atoms with Gasteiger partial charge in [0.25, 0.3) is 5.91 Å². The molecule has 1 amide bonds. The van der Waals surface area contributed by atoms with Crippen molar-refractivity contribution < 1.29 is 4.79 Å². The molecule has 1 atom stereocenters. The SMILES string of the molecule is CN(C)C(=O)c1ccc(NCC2CCCN2)cc1. The van der Waals surface area contributed by atoms with Gasteiger partial charge in [-0.05, 0) is 43.7 Å². The Morgan fingerprint density at radius 1 is 1.39 bits per heavy atom. The molecule has 1 unspecified atom stereocenters. The van der Waals surface area contributed by atoms with Crippen molar-refractivity contribution in [3.8, 4) is 0 Å². The lowest BCUT2D eigenvalue weighted by atomic mass is 10.1. The van der Waals surface area contributed by atoms with Crippen LogP contribution in [0.5, 0.6) is 0 Å². The van der Waals surface area contributed by atoms with E-state index in [2.05, 4.69) is 10.6 Å². The molecule has 1 aromatic rings. The molecule has 4 heteroatoms. The zero-order valence-electron chi connectivity index (χ0n) is 11.1. The number of rotatable bonds is 4. The second-order valence-electron chi connectivity index (χ2n) is 4.95. The van der Waals surface area contributed by atoms with Crippen LogP contribution in [0.15, 0.2) is 24.3 Å². The number of hydrogen-bond donors (Lipinski definition) is 2. The molecule has 1 aliphatic rings. The quantitative estimate of drug-likeness (QED) is 0.848. The molecule has 0 radical (unpaired) electrons. The number of carbonyl (C=O) groups is 1. The predicted molar refractivity (Wildman–Crippen MR) is 74.0 cm³/mol. The predicted octanol–water partition coefficient (Wildman–Crippen LogP) is 1.55. The molecule has 0 bridgehead atoms. The number of benzene rings is 1. The third kappa shape index (κ3) is 3.23. The van der Waals surface area contributed by atoms with Crippen LogP contribution in [0.4, 0.5) is 5.69 Å². The molecular weight excluding hydrogens is 226 g/mol. The fourth-order valence-electron chi connectivity index (χ4n) is 2.16. The van der Waals surface area contributed by atoms with Gasteiger partial charge in [0.1, 0.15) is 0 Å². The van der Waals surface area contributed by atoms with E-state index in [1.54, 1.807) is 19.0 Å². The number of carbonyl (C=O) groups excluding carboxylic acids is 1. The Kier molecular flexibility index (Phi) is 4.20. The largest absolute Gasteiger partial charge is 0.383 e. The number of nitrogens with zero attached hydrogens (tertiary/aromatic N) is 1. The summed E-state index contributed by atoms with van der Waals surface area (Å²) in [4.78, 5) is 13.3. The Morgan fingerprint density at radius 2 is 2.11 bits per heavy atom. The Balaban J connectivity index is 1.89. The smallest absolute Gasteiger partial charge is 0.253 e. The van der Waals surface area contributed by atoms with Crippen molar-refractivity contribution in [1.29, 1.82) is 0 Å². The van der Waals surface area contributed by atoms with Gasteiger partial charge in [-0.25, -0.2) is 0 Å². The highest BCUT2D eigenvalue weighted by Gasteiger charge is 2.13. The van der Waals surface area contributed by atoms with E-state index in [1.165, 1.54) is 12.8 Å². The average Bonchev–Trinajstić information content (AvgIpc) is 2.89. The molecule has 18 heavy (non-hydrogen) atoms. The topological polar surface area (TPSA) is 44.4 Å². The summed E-state index contributed by atoms with van der Waals surface area (Å²) >= 11 is 0. The fraction of sp³-hybridized carbons (Fsp3) is 0.500. The van der Waals surface area contributed by atoms with Crippen molar-refractivity contribution in [2.75, 3.05) is 32.5 Å². The molecule has 1 aliphatic heterocycles. The van der Waals surface area contributed by atoms with Crippen LogP contribution >= 0.6 is 0 Å². The Hall–Kier alpha value is -1.55. The maximum absolute atomic E-state index is 11.7. The summed E-state index contributed by atoms with van der Waals surface area (Å²) in [7, 11) is 3.53. The molecule has 4 nitrogen and oxygen atoms in total. The van der Waals surface area contributed by atoms with E-state index < -0.39 is 0 Å². The van der Waals surface area contributed by atoms with Crippen LogP contribution in [0, 0.1) is 0 Å². The van der Waals surface area contributed by atoms with Gasteiger partial charge in [0.2, 0.25) is 0 Å². The van der Waals surface area contributed by atoms with Crippen LogP contribution in [0.2, 0.25) is 0 Å². The highest BCUT2D eigenvalue weighted by Crippen LogP contribution is 2.12. The van der Waals surface area contributed by atoms with Gasteiger partial charge in [0.15, 0.2) is 0 Å². The van der Waals surface area contributed by atoms with Gasteiger partial charge >= 0.3 is 0 Å². The van der Waals surface area contributed by atoms with Crippen LogP contribution in [0.25, 0.3) is 0 Å². The summed E-state index contributed by atoms with van der Waals surface area (Å²) in [6, 6.07) is 8.24. The summed E-state index contributed by atoms with van der Waals surface area (Å²) in [6.07, 6.45) is 2.51. The second kappa shape index (κ2) is 5.87. The second-order valence-corrected chi connectivity index (χ2v) is 4.95. The highest BCUT2D eigenvalue weighted by molar-refractivity contribution is 5.94. The molecule has 1 fully saturated rings. The summed E-state index contributed by atoms with van der Waals surface area (Å²) in [5.41, 5.74) is 1.79. The lowest BCUT2D eigenvalue weighted by Crippen LogP contribution is -2.29. The van der Waals surface area contributed by atoms with E-state index in [-0.39, 0.29) is 5.91 Å². The molecule has 2 rings (SSSR count). The molecule has 1 aromatic carbocycles. The molecular formula is C14H21N3O. The lowest BCUT2D eigenvalue weighted by molar-refractivity contribution is 0.0827. The number of anilines is 1. The van der Waals surface area contributed by atoms with Gasteiger partial charge < -0.3 is 15.5 Å². The molecule has 0 spiro atoms. The van der Waals surface area contributed by atoms with E-state index in [4.69, 9.17) is 0 Å². The molecule has 1 heterocycles. The normalized spacial score (nSPS) is 18.7. The number of nitrogens with one attached hydrogen (secondary N) is 2. The highest BCUT2D eigenvalue weighted by atomic mass is 16.2. The van der Waals surface area contributed by atoms with Crippen LogP contribution in [0.3, 0.4) is 0 Å². The minimum absolute atomic E-state index is 0.0407. The number of hydrogen-bond acceptors (Lipinski definition) is 3. The van der Waals surface area contributed by atoms with Gasteiger partial charge in [0.05, 0.1) is 0 Å². The van der Waals surface area contributed by atoms with Crippen molar-refractivity contribution in [1.82, 2.24) is 10.2 Å². The van der Waals surface area contributed by atoms with Crippen molar-refractivity contribution in [2.45, 2.75) is 18.9 Å². The summed E-state index contributed by atoms with van der Waals surface area (Å²) in [5.74, 6) is 0.0407. The van der Waals surface area contributed by atoms with Gasteiger partial charge in [-0.15, -0.1) is 0 Å². The first-order chi connectivity index (χ1) is 8.66. The zero-order chi connectivity index (χ0) is 13.0. The van der Waals surface area contributed by atoms with Crippen LogP contribution < -0.4 is 10.6 Å². The molecule has 0 aromatic heterocycles. The van der Waals surface area contributed by atoms with Crippen LogP contribution in [0.1, 0.15) is 23.2 Å². The first-order valence-electron chi connectivity index (χ1n) is 6.46. The molecule has 0 aliphatic carbocycles. The van der Waals surface area contributed by atoms with Crippen LogP contribution in [-0.2, 0) is 0 Å². The average molecular weight is 247 g/mol. The Labute approximate surface area is 108 Å². The van der Waals surface area contributed by atoms with Gasteiger partial charge in [-0.1, -0.05) is 0 Å². The van der Waals surface area contributed by atoms with Crippen molar-refractivity contribution in [2.24, 2.45) is 0 Å². The first kappa shape index (κ1) is 12.9. The van der Waals surface area contributed by atoms with Gasteiger partial charge in [-0.2, -0.15) is 0 Å². The Bertz CT molecular complexity index is 394. The monoisotopic (exact) mass is 247 g/mol. The molecule has 0 saturated carbocycles. The third-order valence-electron chi connectivity index (χ3n) is 3.25. The van der Waals surface area contributed by atoms with E-state index >= 15 is 0 Å². The van der Waals surface area contributed by atoms with E-state index in [0.717, 1.165) is 24.3 Å². The minimum Gasteiger partial charge on any atom is -0.383 e. The van der Waals surface area contributed by atoms with E-state index in [9.17, 15) is 4.79 Å². The molecule has 98 valence electrons. The van der Waals surface area contributed by atoms with Crippen molar-refractivity contribution in [3.05, 3.63) is 29.8 Å². The standard InChI is InChI=1S/C14H21N3O/c1-17(2)14(18)11-5-7-12(8-6-11)16-10-13-4-3-9-15-13/h5-8,13,15-16H,3-4,9-10H2,1-2H3. The summed E-state index contributed by atoms with van der Waals surface area (Å²) in [6.45, 7) is 2.07. The van der Waals surface area contributed by atoms with Crippen molar-refractivity contribution >= 4 is 11.6 Å². The molecule has 2 N–H and O–H groups in total. The lowest BCUT2D eigenvalue weighted by Gasteiger charge is -2.14. The number of amides is 1. The summed E-state index contributed by atoms with van der Waals surface area (Å²) in [5, 5.41) is 6.84. The van der Waals surface area contributed by atoms with E-state index in [0.29, 0.717) is 6.04 Å². The van der Waals surface area contributed by atoms with Gasteiger partial charge in [-0.3, -0.25) is 4.79 Å². The van der Waals surface area contributed by atoms with Crippen LogP contribution in [-0.4, -0.2) is 44.0 Å². The minimum atomic E-state index is 0.0407. The first-order valence-corrected chi connectivity index (χ1v) is 6.46. The zero-order valence-corrected chi connectivity index (χ0v) is 11.1. The maximum atomic E-state index is 11.7. The summed E-state index contributed by atoms with van der Waals surface area (Å²) < 4.78 is 0. The third-order valence-corrected chi connectivity index (χ3v) is 3.25. The maximum Gasteiger partial charge on any atom is 0.253 e. The Morgan fingerprint density at radius 3 is 2.67 bits per heavy atom. The van der Waals surface area contributed by atoms with Crippen molar-refractivity contribution in [3.63, 3.8) is 0 Å². The van der Waals surface area contributed by atoms with Gasteiger partial charge in [0, 0.05) is 37.9 Å². The fourth-order valence-corrected chi connectivity index (χ4v) is 2.16. The molecule has 1 saturated heterocycles.